The molecule has 2 rings (SSSR count). The van der Waals surface area contributed by atoms with Gasteiger partial charge < -0.3 is 0 Å². The van der Waals surface area contributed by atoms with Crippen molar-refractivity contribution in [1.29, 1.82) is 5.26 Å². The molecule has 0 aliphatic heterocycles. The van der Waals surface area contributed by atoms with Gasteiger partial charge >= 0.3 is 0 Å². The van der Waals surface area contributed by atoms with E-state index in [1.807, 2.05) is 11.8 Å². The first-order valence-electron chi connectivity index (χ1n) is 7.39. The topological polar surface area (TPSA) is 35.8 Å². The zero-order chi connectivity index (χ0) is 14.6. The second kappa shape index (κ2) is 6.65. The number of nitrogens with one attached hydrogen (secondary N) is 1. The Morgan fingerprint density at radius 1 is 1.50 bits per heavy atom. The Labute approximate surface area is 127 Å². The average molecular weight is 288 g/mol. The first kappa shape index (κ1) is 15.4. The summed E-state index contributed by atoms with van der Waals surface area (Å²) in [6.45, 7) is 6.37. The Balaban J connectivity index is 1.88. The van der Waals surface area contributed by atoms with Crippen LogP contribution in [0.5, 0.6) is 0 Å². The lowest BCUT2D eigenvalue weighted by atomic mass is 9.99. The predicted octanol–water partition coefficient (Wildman–Crippen LogP) is 4.04. The van der Waals surface area contributed by atoms with Crippen molar-refractivity contribution in [3.63, 3.8) is 0 Å². The number of benzene rings is 1. The Morgan fingerprint density at radius 3 is 2.95 bits per heavy atom. The van der Waals surface area contributed by atoms with E-state index >= 15 is 0 Å². The molecule has 3 heteroatoms. The number of hydrogen-bond acceptors (Lipinski definition) is 3. The maximum Gasteiger partial charge on any atom is 0.108 e. The minimum atomic E-state index is -0.293. The van der Waals surface area contributed by atoms with E-state index < -0.39 is 0 Å². The summed E-state index contributed by atoms with van der Waals surface area (Å²) < 4.78 is 0. The van der Waals surface area contributed by atoms with Crippen LogP contribution >= 0.6 is 11.8 Å². The summed E-state index contributed by atoms with van der Waals surface area (Å²) in [5, 5.41) is 13.5. The van der Waals surface area contributed by atoms with Gasteiger partial charge in [0.05, 0.1) is 6.07 Å². The number of hydrogen-bond donors (Lipinski definition) is 1. The maximum atomic E-state index is 9.48. The fraction of sp³-hybridized carbons (Fsp3) is 0.588. The molecule has 0 aromatic heterocycles. The van der Waals surface area contributed by atoms with Gasteiger partial charge in [0, 0.05) is 17.0 Å². The zero-order valence-electron chi connectivity index (χ0n) is 12.6. The molecule has 2 unspecified atom stereocenters. The lowest BCUT2D eigenvalue weighted by Crippen LogP contribution is -2.45. The van der Waals surface area contributed by atoms with E-state index in [4.69, 9.17) is 0 Å². The third-order valence-corrected chi connectivity index (χ3v) is 5.19. The quantitative estimate of drug-likeness (QED) is 0.888. The van der Waals surface area contributed by atoms with Crippen LogP contribution in [-0.2, 0) is 5.75 Å². The van der Waals surface area contributed by atoms with Crippen LogP contribution in [0.2, 0.25) is 0 Å². The van der Waals surface area contributed by atoms with Gasteiger partial charge in [0.15, 0.2) is 0 Å². The predicted molar refractivity (Wildman–Crippen MR) is 86.7 cm³/mol. The van der Waals surface area contributed by atoms with Gasteiger partial charge in [0.25, 0.3) is 0 Å². The lowest BCUT2D eigenvalue weighted by Gasteiger charge is -2.25. The molecule has 0 spiro atoms. The Morgan fingerprint density at radius 2 is 2.30 bits per heavy atom. The molecule has 108 valence electrons. The largest absolute Gasteiger partial charge is 0.297 e. The molecule has 1 fully saturated rings. The van der Waals surface area contributed by atoms with E-state index in [2.05, 4.69) is 56.4 Å². The monoisotopic (exact) mass is 288 g/mol. The number of aryl methyl sites for hydroxylation is 1. The molecule has 0 bridgehead atoms. The van der Waals surface area contributed by atoms with Crippen LogP contribution in [0.1, 0.15) is 44.2 Å². The maximum absolute atomic E-state index is 9.48. The van der Waals surface area contributed by atoms with Gasteiger partial charge in [-0.15, -0.1) is 0 Å². The molecule has 0 radical (unpaired) electrons. The minimum absolute atomic E-state index is 0.293. The third-order valence-electron chi connectivity index (χ3n) is 3.82. The number of nitriles is 1. The second-order valence-electron chi connectivity index (χ2n) is 6.16. The molecular weight excluding hydrogens is 264 g/mol. The molecule has 1 aliphatic rings. The van der Waals surface area contributed by atoms with E-state index in [1.165, 1.54) is 11.1 Å². The van der Waals surface area contributed by atoms with Gasteiger partial charge in [-0.2, -0.15) is 17.0 Å². The van der Waals surface area contributed by atoms with Crippen molar-refractivity contribution in [3.05, 3.63) is 35.4 Å². The van der Waals surface area contributed by atoms with Crippen LogP contribution in [0.3, 0.4) is 0 Å². The molecule has 20 heavy (non-hydrogen) atoms. The number of thioether (sulfide) groups is 1. The first-order valence-corrected chi connectivity index (χ1v) is 8.44. The molecule has 0 saturated heterocycles. The summed E-state index contributed by atoms with van der Waals surface area (Å²) in [4.78, 5) is 0. The van der Waals surface area contributed by atoms with E-state index in [1.54, 1.807) is 0 Å². The van der Waals surface area contributed by atoms with Crippen LogP contribution in [0.25, 0.3) is 0 Å². The summed E-state index contributed by atoms with van der Waals surface area (Å²) in [5.41, 5.74) is 2.42. The van der Waals surface area contributed by atoms with Crippen LogP contribution < -0.4 is 5.32 Å². The lowest BCUT2D eigenvalue weighted by molar-refractivity contribution is 0.386. The van der Waals surface area contributed by atoms with Crippen molar-refractivity contribution >= 4 is 11.8 Å². The van der Waals surface area contributed by atoms with E-state index in [9.17, 15) is 5.26 Å². The van der Waals surface area contributed by atoms with Gasteiger partial charge in [0.1, 0.15) is 5.54 Å². The van der Waals surface area contributed by atoms with Crippen molar-refractivity contribution in [3.8, 4) is 6.07 Å². The van der Waals surface area contributed by atoms with Gasteiger partial charge in [0.2, 0.25) is 0 Å². The fourth-order valence-electron chi connectivity index (χ4n) is 2.98. The standard InChI is InChI=1S/C17H24N2S/c1-13(2)19-17(12-18)8-7-16(10-17)20-11-15-6-4-5-14(3)9-15/h4-6,9,13,16,19H,7-8,10-11H2,1-3H3. The highest BCUT2D eigenvalue weighted by Crippen LogP contribution is 2.38. The van der Waals surface area contributed by atoms with E-state index in [-0.39, 0.29) is 5.54 Å². The Kier molecular flexibility index (Phi) is 5.12. The smallest absolute Gasteiger partial charge is 0.108 e. The molecular formula is C17H24N2S. The summed E-state index contributed by atoms with van der Waals surface area (Å²) in [7, 11) is 0. The normalized spacial score (nSPS) is 25.9. The highest BCUT2D eigenvalue weighted by molar-refractivity contribution is 7.99. The SMILES string of the molecule is Cc1cccc(CSC2CCC(C#N)(NC(C)C)C2)c1. The second-order valence-corrected chi connectivity index (χ2v) is 7.45. The summed E-state index contributed by atoms with van der Waals surface area (Å²) in [6, 6.07) is 11.6. The van der Waals surface area contributed by atoms with Crippen molar-refractivity contribution in [2.24, 2.45) is 0 Å². The zero-order valence-corrected chi connectivity index (χ0v) is 13.5. The van der Waals surface area contributed by atoms with Gasteiger partial charge in [-0.1, -0.05) is 29.8 Å². The van der Waals surface area contributed by atoms with Crippen molar-refractivity contribution in [2.75, 3.05) is 0 Å². The number of rotatable bonds is 5. The van der Waals surface area contributed by atoms with Gasteiger partial charge in [-0.3, -0.25) is 5.32 Å². The van der Waals surface area contributed by atoms with E-state index in [0.29, 0.717) is 11.3 Å². The van der Waals surface area contributed by atoms with Crippen molar-refractivity contribution in [1.82, 2.24) is 5.32 Å². The van der Waals surface area contributed by atoms with Crippen molar-refractivity contribution in [2.45, 2.75) is 62.6 Å². The first-order chi connectivity index (χ1) is 9.53. The Bertz CT molecular complexity index is 492. The van der Waals surface area contributed by atoms with Crippen LogP contribution in [0.4, 0.5) is 0 Å². The van der Waals surface area contributed by atoms with Gasteiger partial charge in [-0.05, 0) is 45.6 Å². The molecule has 1 aromatic rings. The molecule has 1 aliphatic carbocycles. The molecule has 1 N–H and O–H groups in total. The highest BCUT2D eigenvalue weighted by atomic mass is 32.2. The molecule has 0 heterocycles. The third kappa shape index (κ3) is 4.01. The average Bonchev–Trinajstić information content (AvgIpc) is 2.80. The molecule has 1 saturated carbocycles. The molecule has 1 aromatic carbocycles. The van der Waals surface area contributed by atoms with E-state index in [0.717, 1.165) is 25.0 Å². The molecule has 2 nitrogen and oxygen atoms in total. The summed E-state index contributed by atoms with van der Waals surface area (Å²) >= 11 is 2.00. The van der Waals surface area contributed by atoms with Crippen LogP contribution in [-0.4, -0.2) is 16.8 Å². The van der Waals surface area contributed by atoms with Crippen molar-refractivity contribution < 1.29 is 0 Å². The summed E-state index contributed by atoms with van der Waals surface area (Å²) in [6.07, 6.45) is 3.09. The minimum Gasteiger partial charge on any atom is -0.297 e. The molecule has 0 amide bonds. The highest BCUT2D eigenvalue weighted by Gasteiger charge is 2.39. The fourth-order valence-corrected chi connectivity index (χ4v) is 4.27. The number of nitrogens with zero attached hydrogens (tertiary/aromatic N) is 1. The van der Waals surface area contributed by atoms with Crippen LogP contribution in [0, 0.1) is 18.3 Å². The summed E-state index contributed by atoms with van der Waals surface area (Å²) in [5.74, 6) is 1.05. The Hall–Kier alpha value is -0.980. The van der Waals surface area contributed by atoms with Gasteiger partial charge in [-0.25, -0.2) is 0 Å². The molecule has 2 atom stereocenters. The van der Waals surface area contributed by atoms with Crippen LogP contribution in [0.15, 0.2) is 24.3 Å².